The normalized spacial score (nSPS) is 15.7. The number of fused-ring (bicyclic) bond motifs is 2. The number of sulfone groups is 1. The molecule has 9 heteroatoms. The van der Waals surface area contributed by atoms with Gasteiger partial charge in [0.05, 0.1) is 0 Å². The molecule has 0 saturated carbocycles. The maximum atomic E-state index is 12.6. The molecule has 0 fully saturated rings. The number of aromatic nitrogens is 5. The zero-order valence-corrected chi connectivity index (χ0v) is 15.8. The Labute approximate surface area is 159 Å². The molecular formula is C18H24N6O2S. The van der Waals surface area contributed by atoms with E-state index in [1.54, 1.807) is 13.2 Å². The lowest BCUT2D eigenvalue weighted by atomic mass is 9.99. The molecule has 2 aliphatic carbocycles. The van der Waals surface area contributed by atoms with Crippen LogP contribution in [0.1, 0.15) is 37.9 Å². The van der Waals surface area contributed by atoms with Crippen LogP contribution in [-0.4, -0.2) is 33.4 Å². The average molecular weight is 388 g/mol. The summed E-state index contributed by atoms with van der Waals surface area (Å²) >= 11 is 0. The largest absolute Gasteiger partial charge is 0.322 e. The van der Waals surface area contributed by atoms with Gasteiger partial charge in [-0.3, -0.25) is 4.68 Å². The number of aryl methyl sites for hydroxylation is 3. The molecule has 5 rings (SSSR count). The predicted octanol–water partition coefficient (Wildman–Crippen LogP) is 2.58. The van der Waals surface area contributed by atoms with Gasteiger partial charge in [-0.2, -0.15) is 10.1 Å². The van der Waals surface area contributed by atoms with Crippen molar-refractivity contribution in [3.8, 4) is 0 Å². The Morgan fingerprint density at radius 3 is 2.48 bits per heavy atom. The van der Waals surface area contributed by atoms with E-state index in [-0.39, 0.29) is 19.0 Å². The van der Waals surface area contributed by atoms with Crippen molar-refractivity contribution in [2.24, 2.45) is 7.05 Å². The topological polar surface area (TPSA) is 106 Å². The van der Waals surface area contributed by atoms with Crippen LogP contribution in [0.5, 0.6) is 0 Å². The quantitative estimate of drug-likeness (QED) is 0.712. The van der Waals surface area contributed by atoms with Gasteiger partial charge < -0.3 is 5.32 Å². The molecule has 8 nitrogen and oxygen atoms in total. The first kappa shape index (κ1) is 16.5. The summed E-state index contributed by atoms with van der Waals surface area (Å²) in [6, 6.07) is 3.80. The Kier molecular flexibility index (Phi) is 3.61. The first-order chi connectivity index (χ1) is 13.0. The fourth-order valence-corrected chi connectivity index (χ4v) is 5.18. The molecule has 0 bridgehead atoms. The molecule has 0 spiro atoms. The molecule has 0 amide bonds. The standard InChI is InChI=1S/C18H20N6O2S.2H2/c1-24-9-8-15(23-24)27(25,26)18-20-17(21-22-18)19-16-13-6-2-4-11(13)10-12-5-3-7-14(12)16;;/h8-10H,2-7H2,1H3,(H2,19,20,21,22);2*1H. The van der Waals surface area contributed by atoms with Crippen LogP contribution in [0.2, 0.25) is 0 Å². The van der Waals surface area contributed by atoms with Crippen LogP contribution in [0.4, 0.5) is 11.6 Å². The van der Waals surface area contributed by atoms with Crippen LogP contribution in [0, 0.1) is 0 Å². The molecule has 144 valence electrons. The van der Waals surface area contributed by atoms with E-state index in [9.17, 15) is 8.42 Å². The molecular weight excluding hydrogens is 364 g/mol. The summed E-state index contributed by atoms with van der Waals surface area (Å²) in [5.74, 6) is 0.277. The van der Waals surface area contributed by atoms with Crippen molar-refractivity contribution in [3.05, 3.63) is 40.6 Å². The monoisotopic (exact) mass is 388 g/mol. The van der Waals surface area contributed by atoms with Gasteiger partial charge in [-0.15, -0.1) is 5.10 Å². The highest BCUT2D eigenvalue weighted by atomic mass is 32.2. The maximum absolute atomic E-state index is 12.6. The smallest absolute Gasteiger partial charge is 0.260 e. The molecule has 2 aromatic heterocycles. The van der Waals surface area contributed by atoms with Crippen LogP contribution in [0.15, 0.2) is 28.5 Å². The molecule has 0 atom stereocenters. The highest BCUT2D eigenvalue weighted by Gasteiger charge is 2.27. The van der Waals surface area contributed by atoms with Crippen LogP contribution in [0.25, 0.3) is 0 Å². The lowest BCUT2D eigenvalue weighted by molar-refractivity contribution is 0.580. The highest BCUT2D eigenvalue weighted by molar-refractivity contribution is 7.91. The second-order valence-electron chi connectivity index (χ2n) is 7.15. The number of anilines is 2. The van der Waals surface area contributed by atoms with Gasteiger partial charge in [0.2, 0.25) is 5.95 Å². The molecule has 1 aromatic carbocycles. The summed E-state index contributed by atoms with van der Waals surface area (Å²) in [7, 11) is -2.14. The second kappa shape index (κ2) is 5.91. The molecule has 0 unspecified atom stereocenters. The van der Waals surface area contributed by atoms with Crippen molar-refractivity contribution in [2.75, 3.05) is 5.32 Å². The minimum Gasteiger partial charge on any atom is -0.322 e. The van der Waals surface area contributed by atoms with Crippen molar-refractivity contribution < 1.29 is 11.3 Å². The molecule has 3 aromatic rings. The number of hydrogen-bond donors (Lipinski definition) is 2. The summed E-state index contributed by atoms with van der Waals surface area (Å²) in [6.45, 7) is 0. The Balaban J connectivity index is 0.00000120. The van der Waals surface area contributed by atoms with Crippen molar-refractivity contribution in [3.63, 3.8) is 0 Å². The number of nitrogens with zero attached hydrogens (tertiary/aromatic N) is 4. The molecule has 0 radical (unpaired) electrons. The van der Waals surface area contributed by atoms with E-state index in [4.69, 9.17) is 0 Å². The maximum Gasteiger partial charge on any atom is 0.260 e. The van der Waals surface area contributed by atoms with E-state index in [0.29, 0.717) is 0 Å². The average Bonchev–Trinajstić information content (AvgIpc) is 3.41. The molecule has 2 aliphatic rings. The van der Waals surface area contributed by atoms with Crippen molar-refractivity contribution in [1.29, 1.82) is 0 Å². The van der Waals surface area contributed by atoms with Crippen molar-refractivity contribution in [1.82, 2.24) is 25.0 Å². The predicted molar refractivity (Wildman–Crippen MR) is 103 cm³/mol. The number of rotatable bonds is 4. The summed E-state index contributed by atoms with van der Waals surface area (Å²) < 4.78 is 26.7. The number of H-pyrrole nitrogens is 1. The number of benzene rings is 1. The number of aromatic amines is 1. The third-order valence-electron chi connectivity index (χ3n) is 5.39. The Morgan fingerprint density at radius 2 is 1.85 bits per heavy atom. The summed E-state index contributed by atoms with van der Waals surface area (Å²) in [6.07, 6.45) is 8.16. The van der Waals surface area contributed by atoms with Gasteiger partial charge in [0.15, 0.2) is 5.03 Å². The lowest BCUT2D eigenvalue weighted by Crippen LogP contribution is -2.06. The van der Waals surface area contributed by atoms with E-state index < -0.39 is 9.84 Å². The van der Waals surface area contributed by atoms with E-state index in [1.165, 1.54) is 33.0 Å². The zero-order chi connectivity index (χ0) is 18.6. The Bertz CT molecular complexity index is 1120. The van der Waals surface area contributed by atoms with Gasteiger partial charge in [-0.05, 0) is 66.8 Å². The number of nitrogens with one attached hydrogen (secondary N) is 2. The molecule has 0 saturated heterocycles. The lowest BCUT2D eigenvalue weighted by Gasteiger charge is -2.15. The number of hydrogen-bond acceptors (Lipinski definition) is 6. The van der Waals surface area contributed by atoms with Gasteiger partial charge in [0, 0.05) is 21.8 Å². The molecule has 27 heavy (non-hydrogen) atoms. The van der Waals surface area contributed by atoms with Crippen LogP contribution < -0.4 is 5.32 Å². The summed E-state index contributed by atoms with van der Waals surface area (Å²) in [4.78, 5) is 4.20. The zero-order valence-electron chi connectivity index (χ0n) is 15.0. The fourth-order valence-electron chi connectivity index (χ4n) is 4.14. The Morgan fingerprint density at radius 1 is 1.15 bits per heavy atom. The highest BCUT2D eigenvalue weighted by Crippen LogP contribution is 2.39. The van der Waals surface area contributed by atoms with E-state index in [2.05, 4.69) is 31.7 Å². The van der Waals surface area contributed by atoms with Gasteiger partial charge in [0.25, 0.3) is 15.0 Å². The van der Waals surface area contributed by atoms with E-state index in [1.807, 2.05) is 0 Å². The summed E-state index contributed by atoms with van der Waals surface area (Å²) in [5.41, 5.74) is 6.53. The van der Waals surface area contributed by atoms with Gasteiger partial charge in [0.1, 0.15) is 0 Å². The first-order valence-corrected chi connectivity index (χ1v) is 10.6. The van der Waals surface area contributed by atoms with E-state index >= 15 is 0 Å². The minimum absolute atomic E-state index is 0. The van der Waals surface area contributed by atoms with Crippen LogP contribution in [-0.2, 0) is 42.6 Å². The minimum atomic E-state index is -3.81. The third-order valence-corrected chi connectivity index (χ3v) is 6.85. The van der Waals surface area contributed by atoms with Gasteiger partial charge in [-0.1, -0.05) is 6.07 Å². The SMILES string of the molecule is Cn1ccc(S(=O)(=O)c2nc(Nc3c4c(cc5c3CCC5)CCC4)n[nH]2)n1.[HH].[HH]. The fraction of sp³-hybridized carbons (Fsp3) is 0.389. The van der Waals surface area contributed by atoms with Gasteiger partial charge in [-0.25, -0.2) is 13.5 Å². The molecule has 0 aliphatic heterocycles. The van der Waals surface area contributed by atoms with Crippen molar-refractivity contribution in [2.45, 2.75) is 48.7 Å². The van der Waals surface area contributed by atoms with Crippen LogP contribution in [0.3, 0.4) is 0 Å². The van der Waals surface area contributed by atoms with Crippen molar-refractivity contribution >= 4 is 21.5 Å². The Hall–Kier alpha value is -2.68. The third kappa shape index (κ3) is 2.64. The van der Waals surface area contributed by atoms with Crippen LogP contribution >= 0.6 is 0 Å². The summed E-state index contributed by atoms with van der Waals surface area (Å²) in [5, 5.41) is 13.7. The molecule has 2 heterocycles. The molecule has 2 N–H and O–H groups in total. The second-order valence-corrected chi connectivity index (χ2v) is 8.97. The van der Waals surface area contributed by atoms with Gasteiger partial charge >= 0.3 is 0 Å². The first-order valence-electron chi connectivity index (χ1n) is 9.13. The van der Waals surface area contributed by atoms with E-state index in [0.717, 1.165) is 44.2 Å².